The Morgan fingerprint density at radius 1 is 1.38 bits per heavy atom. The van der Waals surface area contributed by atoms with E-state index in [1.807, 2.05) is 6.92 Å². The molecular formula is C22H36N2O5. The highest BCUT2D eigenvalue weighted by Crippen LogP contribution is 2.47. The van der Waals surface area contributed by atoms with Crippen LogP contribution in [0.3, 0.4) is 0 Å². The summed E-state index contributed by atoms with van der Waals surface area (Å²) >= 11 is 0. The number of hydrogen-bond acceptors (Lipinski definition) is 7. The van der Waals surface area contributed by atoms with E-state index in [1.165, 1.54) is 12.7 Å². The van der Waals surface area contributed by atoms with Gasteiger partial charge in [-0.25, -0.2) is 4.79 Å². The van der Waals surface area contributed by atoms with E-state index in [-0.39, 0.29) is 11.8 Å². The summed E-state index contributed by atoms with van der Waals surface area (Å²) in [6.45, 7) is 6.39. The summed E-state index contributed by atoms with van der Waals surface area (Å²) in [5.41, 5.74) is -0.881. The molecule has 0 aromatic heterocycles. The zero-order chi connectivity index (χ0) is 21.2. The van der Waals surface area contributed by atoms with Crippen LogP contribution < -0.4 is 0 Å². The number of carbonyl (C=O) groups is 1. The van der Waals surface area contributed by atoms with Gasteiger partial charge in [-0.3, -0.25) is 0 Å². The van der Waals surface area contributed by atoms with Crippen molar-refractivity contribution >= 4 is 5.97 Å². The third-order valence-corrected chi connectivity index (χ3v) is 7.17. The third-order valence-electron chi connectivity index (χ3n) is 7.17. The second-order valence-corrected chi connectivity index (χ2v) is 9.37. The minimum atomic E-state index is -1.14. The number of azo groups is 1. The molecule has 0 saturated carbocycles. The molecule has 2 bridgehead atoms. The second-order valence-electron chi connectivity index (χ2n) is 9.37. The quantitative estimate of drug-likeness (QED) is 0.540. The van der Waals surface area contributed by atoms with Gasteiger partial charge < -0.3 is 19.7 Å². The highest BCUT2D eigenvalue weighted by atomic mass is 16.5. The first kappa shape index (κ1) is 22.4. The lowest BCUT2D eigenvalue weighted by Gasteiger charge is -2.35. The predicted octanol–water partition coefficient (Wildman–Crippen LogP) is 3.19. The number of aliphatic hydroxyl groups is 2. The number of methoxy groups -OCH3 is 1. The molecule has 0 aromatic carbocycles. The summed E-state index contributed by atoms with van der Waals surface area (Å²) in [6.07, 6.45) is 5.44. The summed E-state index contributed by atoms with van der Waals surface area (Å²) in [4.78, 5) is 12.8. The molecule has 2 N–H and O–H groups in total. The Hall–Kier alpha value is -1.31. The third kappa shape index (κ3) is 4.42. The number of carbonyl (C=O) groups excluding carboxylic acids is 1. The van der Waals surface area contributed by atoms with Gasteiger partial charge in [-0.2, -0.15) is 10.2 Å². The largest absolute Gasteiger partial charge is 0.467 e. The van der Waals surface area contributed by atoms with Crippen molar-refractivity contribution in [3.63, 3.8) is 0 Å². The Kier molecular flexibility index (Phi) is 6.81. The molecule has 0 amide bonds. The molecule has 7 atom stereocenters. The molecule has 0 aromatic rings. The van der Waals surface area contributed by atoms with Crippen molar-refractivity contribution in [1.29, 1.82) is 0 Å². The fraction of sp³-hybridized carbons (Fsp3) is 0.864. The van der Waals surface area contributed by atoms with Crippen LogP contribution in [0.4, 0.5) is 0 Å². The molecule has 0 radical (unpaired) electrons. The Balaban J connectivity index is 1.96. The molecule has 3 heterocycles. The van der Waals surface area contributed by atoms with Gasteiger partial charge in [0.1, 0.15) is 0 Å². The van der Waals surface area contributed by atoms with Crippen LogP contribution in [0.2, 0.25) is 0 Å². The first-order valence-electron chi connectivity index (χ1n) is 10.9. The summed E-state index contributed by atoms with van der Waals surface area (Å²) in [7, 11) is 1.36. The lowest BCUT2D eigenvalue weighted by Crippen LogP contribution is -2.51. The molecule has 1 fully saturated rings. The number of fused-ring (bicyclic) bond motifs is 2. The van der Waals surface area contributed by atoms with E-state index in [1.54, 1.807) is 6.92 Å². The maximum absolute atomic E-state index is 12.8. The van der Waals surface area contributed by atoms with E-state index < -0.39 is 35.4 Å². The highest BCUT2D eigenvalue weighted by Gasteiger charge is 2.60. The molecule has 7 heteroatoms. The Labute approximate surface area is 173 Å². The van der Waals surface area contributed by atoms with Gasteiger partial charge in [-0.05, 0) is 58.3 Å². The van der Waals surface area contributed by atoms with Crippen molar-refractivity contribution in [3.8, 4) is 0 Å². The van der Waals surface area contributed by atoms with Gasteiger partial charge in [0.25, 0.3) is 0 Å². The summed E-state index contributed by atoms with van der Waals surface area (Å²) < 4.78 is 11.4. The molecule has 0 unspecified atom stereocenters. The van der Waals surface area contributed by atoms with Crippen molar-refractivity contribution in [2.24, 2.45) is 22.1 Å². The molecule has 3 aliphatic heterocycles. The molecule has 0 aliphatic carbocycles. The molecule has 0 spiro atoms. The Bertz CT molecular complexity index is 662. The lowest BCUT2D eigenvalue weighted by atomic mass is 9.73. The number of nitrogens with zero attached hydrogens (tertiary/aromatic N) is 2. The normalized spacial score (nSPS) is 45.6. The number of ether oxygens (including phenoxy) is 2. The predicted molar refractivity (Wildman–Crippen MR) is 108 cm³/mol. The molecule has 7 nitrogen and oxygen atoms in total. The van der Waals surface area contributed by atoms with E-state index in [0.717, 1.165) is 25.7 Å². The van der Waals surface area contributed by atoms with Gasteiger partial charge in [0.2, 0.25) is 0 Å². The van der Waals surface area contributed by atoms with Gasteiger partial charge in [0, 0.05) is 12.3 Å². The minimum Gasteiger partial charge on any atom is -0.467 e. The smallest absolute Gasteiger partial charge is 0.336 e. The van der Waals surface area contributed by atoms with Gasteiger partial charge >= 0.3 is 5.97 Å². The van der Waals surface area contributed by atoms with Crippen LogP contribution in [0.5, 0.6) is 0 Å². The van der Waals surface area contributed by atoms with Crippen LogP contribution in [0.25, 0.3) is 0 Å². The van der Waals surface area contributed by atoms with Gasteiger partial charge in [-0.15, -0.1) is 0 Å². The van der Waals surface area contributed by atoms with Crippen LogP contribution in [0, 0.1) is 11.8 Å². The Morgan fingerprint density at radius 3 is 2.79 bits per heavy atom. The summed E-state index contributed by atoms with van der Waals surface area (Å²) in [6, 6.07) is 0. The second kappa shape index (κ2) is 8.82. The molecule has 3 aliphatic rings. The van der Waals surface area contributed by atoms with E-state index in [2.05, 4.69) is 23.2 Å². The zero-order valence-electron chi connectivity index (χ0n) is 18.1. The van der Waals surface area contributed by atoms with Crippen molar-refractivity contribution in [3.05, 3.63) is 11.6 Å². The lowest BCUT2D eigenvalue weighted by molar-refractivity contribution is -0.154. The zero-order valence-corrected chi connectivity index (χ0v) is 18.1. The maximum Gasteiger partial charge on any atom is 0.336 e. The average molecular weight is 409 g/mol. The number of esters is 1. The molecule has 164 valence electrons. The topological polar surface area (TPSA) is 101 Å². The van der Waals surface area contributed by atoms with Crippen LogP contribution in [0.15, 0.2) is 21.9 Å². The van der Waals surface area contributed by atoms with Gasteiger partial charge in [-0.1, -0.05) is 18.6 Å². The van der Waals surface area contributed by atoms with Crippen molar-refractivity contribution in [2.45, 2.75) is 95.2 Å². The minimum absolute atomic E-state index is 0.00721. The molecule has 1 saturated heterocycles. The fourth-order valence-corrected chi connectivity index (χ4v) is 5.14. The Morgan fingerprint density at radius 2 is 2.14 bits per heavy atom. The van der Waals surface area contributed by atoms with E-state index in [0.29, 0.717) is 25.8 Å². The van der Waals surface area contributed by atoms with Crippen molar-refractivity contribution in [1.82, 2.24) is 0 Å². The summed E-state index contributed by atoms with van der Waals surface area (Å²) in [5, 5.41) is 30.8. The van der Waals surface area contributed by atoms with E-state index in [4.69, 9.17) is 9.47 Å². The average Bonchev–Trinajstić information content (AvgIpc) is 3.34. The van der Waals surface area contributed by atoms with Gasteiger partial charge in [0.05, 0.1) is 37.6 Å². The monoisotopic (exact) mass is 408 g/mol. The van der Waals surface area contributed by atoms with Crippen LogP contribution in [0.1, 0.15) is 65.7 Å². The number of hydrogen-bond donors (Lipinski definition) is 2. The SMILES string of the molecule is COC(=O)[C@@]1([C@@H]2C[C@@H]3O[C@H]2[C@H](O)[C@@H](C)CCC/C(C)=C/CC[C@@]3(C)O)CCN=N1. The fourth-order valence-electron chi connectivity index (χ4n) is 5.14. The molecule has 29 heavy (non-hydrogen) atoms. The summed E-state index contributed by atoms with van der Waals surface area (Å²) in [5.74, 6) is -0.805. The first-order valence-corrected chi connectivity index (χ1v) is 10.9. The number of aliphatic hydroxyl groups excluding tert-OH is 1. The van der Waals surface area contributed by atoms with Crippen molar-refractivity contribution in [2.75, 3.05) is 13.7 Å². The number of rotatable bonds is 2. The van der Waals surface area contributed by atoms with E-state index >= 15 is 0 Å². The van der Waals surface area contributed by atoms with Crippen molar-refractivity contribution < 1.29 is 24.5 Å². The first-order chi connectivity index (χ1) is 13.7. The van der Waals surface area contributed by atoms with Crippen LogP contribution >= 0.6 is 0 Å². The molecular weight excluding hydrogens is 372 g/mol. The van der Waals surface area contributed by atoms with Crippen LogP contribution in [-0.2, 0) is 14.3 Å². The molecule has 3 rings (SSSR count). The standard InChI is InChI=1S/C22H36N2O5/c1-14-7-5-9-15(2)18(25)19-16(22(20(26)28-4)11-12-23-24-22)13-17(29-19)21(3,27)10-6-8-14/h8,15-19,25,27H,5-7,9-13H2,1-4H3/b14-8+/t15-,16+,17-,18+,19+,21+,22-/m0/s1. The maximum atomic E-state index is 12.8. The van der Waals surface area contributed by atoms with Gasteiger partial charge in [0.15, 0.2) is 5.54 Å². The highest BCUT2D eigenvalue weighted by molar-refractivity contribution is 5.82. The number of allylic oxidation sites excluding steroid dienone is 2. The van der Waals surface area contributed by atoms with Crippen LogP contribution in [-0.4, -0.2) is 59.3 Å². The van der Waals surface area contributed by atoms with E-state index in [9.17, 15) is 15.0 Å².